The van der Waals surface area contributed by atoms with Crippen molar-refractivity contribution in [1.82, 2.24) is 4.90 Å². The van der Waals surface area contributed by atoms with Gasteiger partial charge in [-0.3, -0.25) is 0 Å². The van der Waals surface area contributed by atoms with Gasteiger partial charge in [-0.25, -0.2) is 4.79 Å². The summed E-state index contributed by atoms with van der Waals surface area (Å²) in [4.78, 5) is 12.9. The van der Waals surface area contributed by atoms with Crippen molar-refractivity contribution in [1.29, 1.82) is 0 Å². The van der Waals surface area contributed by atoms with Crippen LogP contribution < -0.4 is 9.64 Å². The molecule has 5 nitrogen and oxygen atoms in total. The lowest BCUT2D eigenvalue weighted by Gasteiger charge is -2.36. The van der Waals surface area contributed by atoms with Gasteiger partial charge in [0, 0.05) is 37.7 Å². The number of anilines is 1. The molecule has 122 valence electrons. The summed E-state index contributed by atoms with van der Waals surface area (Å²) in [5.41, 5.74) is -1.32. The summed E-state index contributed by atoms with van der Waals surface area (Å²) in [7, 11) is 1.34. The number of hydrogen-bond acceptors (Lipinski definition) is 4. The van der Waals surface area contributed by atoms with Crippen molar-refractivity contribution in [2.75, 3.05) is 38.0 Å². The second-order valence-electron chi connectivity index (χ2n) is 5.42. The molecule has 1 aromatic rings. The third-order valence-corrected chi connectivity index (χ3v) is 3.17. The molecule has 1 amide bonds. The first-order chi connectivity index (χ1) is 13.3. The molecule has 6 heteroatoms. The first-order valence-electron chi connectivity index (χ1n) is 10.5. The van der Waals surface area contributed by atoms with Gasteiger partial charge in [-0.2, -0.15) is 0 Å². The van der Waals surface area contributed by atoms with Crippen LogP contribution in [-0.4, -0.2) is 49.7 Å². The zero-order valence-electron chi connectivity index (χ0n) is 20.7. The molecule has 0 bridgehead atoms. The maximum atomic E-state index is 12.7. The number of methoxy groups -OCH3 is 1. The second kappa shape index (κ2) is 6.77. The fourth-order valence-corrected chi connectivity index (χ4v) is 1.98. The Balaban J connectivity index is 2.72. The molecule has 0 radical (unpaired) electrons. The van der Waals surface area contributed by atoms with Gasteiger partial charge in [0.05, 0.1) is 22.5 Å². The van der Waals surface area contributed by atoms with Crippen LogP contribution in [-0.2, 0) is 4.74 Å². The Morgan fingerprint density at radius 2 is 1.91 bits per heavy atom. The smallest absolute Gasteiger partial charge is 0.410 e. The lowest BCUT2D eigenvalue weighted by Crippen LogP contribution is -2.50. The van der Waals surface area contributed by atoms with Crippen molar-refractivity contribution in [3.8, 4) is 5.75 Å². The first kappa shape index (κ1) is 9.01. The van der Waals surface area contributed by atoms with Crippen molar-refractivity contribution in [3.05, 3.63) is 22.7 Å². The molecule has 0 atom stereocenters. The van der Waals surface area contributed by atoms with E-state index in [1.54, 1.807) is 0 Å². The Hall–Kier alpha value is -1.43. The lowest BCUT2D eigenvalue weighted by molar-refractivity contribution is 0.0240. The SMILES string of the molecule is [2H]C1([2H])N(C(=O)OC(C)(C)C)C([2H])([2H])C([2H])([2H])N(c2ccc(Br)c(OC)c2)C1([2H])[2H]. The minimum Gasteiger partial charge on any atom is -0.495 e. The van der Waals surface area contributed by atoms with E-state index in [9.17, 15) is 4.79 Å². The van der Waals surface area contributed by atoms with Gasteiger partial charge >= 0.3 is 6.09 Å². The average Bonchev–Trinajstić information content (AvgIpc) is 2.52. The summed E-state index contributed by atoms with van der Waals surface area (Å²) in [5, 5.41) is 0. The molecule has 1 saturated heterocycles. The standard InChI is InChI=1S/C16H23BrN2O3/c1-16(2,3)22-15(20)19-9-7-18(8-10-19)12-5-6-13(17)14(11-12)21-4/h5-6,11H,7-10H2,1-4H3/i7D2,8D2,9D2,10D2. The summed E-state index contributed by atoms with van der Waals surface area (Å²) < 4.78 is 77.5. The van der Waals surface area contributed by atoms with Gasteiger partial charge in [-0.05, 0) is 48.8 Å². The van der Waals surface area contributed by atoms with Crippen molar-refractivity contribution in [2.24, 2.45) is 0 Å². The van der Waals surface area contributed by atoms with Crippen molar-refractivity contribution < 1.29 is 25.2 Å². The summed E-state index contributed by atoms with van der Waals surface area (Å²) in [6.45, 7) is -8.60. The molecule has 1 heterocycles. The van der Waals surface area contributed by atoms with Gasteiger partial charge in [0.1, 0.15) is 11.4 Å². The van der Waals surface area contributed by atoms with Gasteiger partial charge in [-0.1, -0.05) is 0 Å². The van der Waals surface area contributed by atoms with Crippen molar-refractivity contribution in [2.45, 2.75) is 26.4 Å². The van der Waals surface area contributed by atoms with Gasteiger partial charge in [0.15, 0.2) is 0 Å². The molecule has 0 N–H and O–H groups in total. The van der Waals surface area contributed by atoms with Crippen LogP contribution in [0.25, 0.3) is 0 Å². The van der Waals surface area contributed by atoms with Crippen molar-refractivity contribution in [3.63, 3.8) is 0 Å². The molecule has 0 unspecified atom stereocenters. The Bertz CT molecular complexity index is 816. The monoisotopic (exact) mass is 378 g/mol. The summed E-state index contributed by atoms with van der Waals surface area (Å²) in [6, 6.07) is 3.97. The number of benzene rings is 1. The number of amides is 1. The van der Waals surface area contributed by atoms with E-state index in [-0.39, 0.29) is 16.3 Å². The average molecular weight is 379 g/mol. The highest BCUT2D eigenvalue weighted by molar-refractivity contribution is 9.10. The summed E-state index contributed by atoms with van der Waals surface area (Å²) in [5.74, 6) is 0.204. The maximum Gasteiger partial charge on any atom is 0.410 e. The molecule has 1 aliphatic rings. The van der Waals surface area contributed by atoms with E-state index in [0.29, 0.717) is 9.37 Å². The topological polar surface area (TPSA) is 42.0 Å². The van der Waals surface area contributed by atoms with Crippen LogP contribution in [0.3, 0.4) is 0 Å². The normalized spacial score (nSPS) is 30.2. The van der Waals surface area contributed by atoms with Crippen LogP contribution in [0.5, 0.6) is 5.75 Å². The summed E-state index contributed by atoms with van der Waals surface area (Å²) in [6.07, 6.45) is -1.52. The third-order valence-electron chi connectivity index (χ3n) is 2.52. The van der Waals surface area contributed by atoms with Gasteiger partial charge < -0.3 is 19.3 Å². The first-order valence-corrected chi connectivity index (χ1v) is 7.29. The number of nitrogens with zero attached hydrogens (tertiary/aromatic N) is 2. The Morgan fingerprint density at radius 3 is 2.45 bits per heavy atom. The number of halogens is 1. The molecular formula is C16H23BrN2O3. The van der Waals surface area contributed by atoms with Crippen LogP contribution in [0.1, 0.15) is 31.7 Å². The fraction of sp³-hybridized carbons (Fsp3) is 0.562. The van der Waals surface area contributed by atoms with Crippen molar-refractivity contribution >= 4 is 27.7 Å². The molecule has 1 aliphatic heterocycles. The van der Waals surface area contributed by atoms with Gasteiger partial charge in [0.25, 0.3) is 0 Å². The van der Waals surface area contributed by atoms with E-state index in [2.05, 4.69) is 15.9 Å². The largest absolute Gasteiger partial charge is 0.495 e. The van der Waals surface area contributed by atoms with E-state index < -0.39 is 37.7 Å². The highest BCUT2D eigenvalue weighted by atomic mass is 79.9. The van der Waals surface area contributed by atoms with E-state index in [1.807, 2.05) is 0 Å². The second-order valence-corrected chi connectivity index (χ2v) is 6.27. The molecule has 2 rings (SSSR count). The predicted molar refractivity (Wildman–Crippen MR) is 90.7 cm³/mol. The number of rotatable bonds is 2. The van der Waals surface area contributed by atoms with E-state index in [0.717, 1.165) is 0 Å². The molecule has 0 spiro atoms. The highest BCUT2D eigenvalue weighted by Gasteiger charge is 2.26. The van der Waals surface area contributed by atoms with Crippen LogP contribution in [0.15, 0.2) is 22.7 Å². The quantitative estimate of drug-likeness (QED) is 0.789. The minimum atomic E-state index is -3.31. The Kier molecular flexibility index (Phi) is 2.77. The van der Waals surface area contributed by atoms with Crippen LogP contribution >= 0.6 is 15.9 Å². The highest BCUT2D eigenvalue weighted by Crippen LogP contribution is 2.30. The van der Waals surface area contributed by atoms with Crippen LogP contribution in [0.4, 0.5) is 10.5 Å². The number of carbonyl (C=O) groups excluding carboxylic acids is 1. The Morgan fingerprint density at radius 1 is 1.27 bits per heavy atom. The summed E-state index contributed by atoms with van der Waals surface area (Å²) >= 11 is 3.22. The minimum absolute atomic E-state index is 0.141. The van der Waals surface area contributed by atoms with Crippen LogP contribution in [0, 0.1) is 0 Å². The maximum absolute atomic E-state index is 12.7. The van der Waals surface area contributed by atoms with E-state index in [4.69, 9.17) is 20.4 Å². The molecule has 0 saturated carbocycles. The molecule has 1 fully saturated rings. The molecule has 1 aromatic carbocycles. The lowest BCUT2D eigenvalue weighted by atomic mass is 10.2. The number of carbonyl (C=O) groups is 1. The number of ether oxygens (including phenoxy) is 2. The van der Waals surface area contributed by atoms with E-state index in [1.165, 1.54) is 46.1 Å². The van der Waals surface area contributed by atoms with Gasteiger partial charge in [0.2, 0.25) is 0 Å². The zero-order valence-corrected chi connectivity index (χ0v) is 14.3. The molecule has 22 heavy (non-hydrogen) atoms. The van der Waals surface area contributed by atoms with E-state index >= 15 is 0 Å². The molecule has 0 aromatic heterocycles. The molecule has 0 aliphatic carbocycles. The van der Waals surface area contributed by atoms with Gasteiger partial charge in [-0.15, -0.1) is 0 Å². The third kappa shape index (κ3) is 4.29. The Labute approximate surface area is 151 Å². The van der Waals surface area contributed by atoms with Crippen LogP contribution in [0.2, 0.25) is 0 Å². The number of piperazine rings is 1. The zero-order chi connectivity index (χ0) is 23.5. The number of hydrogen-bond donors (Lipinski definition) is 0. The molecular weight excluding hydrogens is 348 g/mol. The fourth-order valence-electron chi connectivity index (χ4n) is 1.57. The predicted octanol–water partition coefficient (Wildman–Crippen LogP) is 3.51.